The quantitative estimate of drug-likeness (QED) is 0.665. The van der Waals surface area contributed by atoms with E-state index in [1.165, 1.54) is 10.5 Å². The number of halogens is 1. The van der Waals surface area contributed by atoms with Gasteiger partial charge in [0.1, 0.15) is 6.10 Å². The first-order valence-electron chi connectivity index (χ1n) is 7.94. The van der Waals surface area contributed by atoms with Crippen LogP contribution in [-0.4, -0.2) is 65.9 Å². The van der Waals surface area contributed by atoms with Gasteiger partial charge in [0.2, 0.25) is 27.7 Å². The molecule has 3 heterocycles. The molecule has 2 aliphatic heterocycles. The molecule has 0 aromatic carbocycles. The van der Waals surface area contributed by atoms with Crippen molar-refractivity contribution in [3.63, 3.8) is 0 Å². The van der Waals surface area contributed by atoms with Gasteiger partial charge in [0.25, 0.3) is 0 Å². The van der Waals surface area contributed by atoms with Gasteiger partial charge < -0.3 is 4.74 Å². The van der Waals surface area contributed by atoms with Crippen molar-refractivity contribution in [1.82, 2.24) is 14.2 Å². The minimum absolute atomic E-state index is 0.0965. The zero-order chi connectivity index (χ0) is 18.0. The summed E-state index contributed by atoms with van der Waals surface area (Å²) >= 11 is 5.74. The number of aromatic nitrogens is 1. The normalized spacial score (nSPS) is 19.8. The predicted molar refractivity (Wildman–Crippen MR) is 89.6 cm³/mol. The highest BCUT2D eigenvalue weighted by Gasteiger charge is 2.38. The Hall–Kier alpha value is -1.71. The van der Waals surface area contributed by atoms with E-state index in [9.17, 15) is 18.0 Å². The standard InChI is InChI=1S/C15H18ClN3O5S/c16-11-4-5-13(17-8-11)24-12-9-18(10-12)25(22,23)7-6-19-14(20)2-1-3-15(19)21/h4-5,8,12H,1-3,6-7,9-10H2. The average Bonchev–Trinajstić information content (AvgIpc) is 2.51. The average molecular weight is 388 g/mol. The van der Waals surface area contributed by atoms with Gasteiger partial charge in [-0.05, 0) is 12.5 Å². The van der Waals surface area contributed by atoms with Crippen molar-refractivity contribution >= 4 is 33.4 Å². The first-order chi connectivity index (χ1) is 11.8. The van der Waals surface area contributed by atoms with Gasteiger partial charge in [-0.3, -0.25) is 14.5 Å². The lowest BCUT2D eigenvalue weighted by Gasteiger charge is -2.37. The van der Waals surface area contributed by atoms with Crippen LogP contribution in [0.5, 0.6) is 5.88 Å². The lowest BCUT2D eigenvalue weighted by molar-refractivity contribution is -0.147. The van der Waals surface area contributed by atoms with Crippen molar-refractivity contribution in [3.8, 4) is 5.88 Å². The van der Waals surface area contributed by atoms with Gasteiger partial charge >= 0.3 is 0 Å². The molecule has 2 fully saturated rings. The Bertz CT molecular complexity index is 746. The number of hydrogen-bond acceptors (Lipinski definition) is 6. The van der Waals surface area contributed by atoms with E-state index in [0.717, 1.165) is 4.90 Å². The fourth-order valence-corrected chi connectivity index (χ4v) is 4.26. The molecule has 2 amide bonds. The third kappa shape index (κ3) is 4.28. The van der Waals surface area contributed by atoms with Crippen LogP contribution < -0.4 is 4.74 Å². The van der Waals surface area contributed by atoms with Gasteiger partial charge in [-0.25, -0.2) is 13.4 Å². The van der Waals surface area contributed by atoms with E-state index in [2.05, 4.69) is 4.98 Å². The molecule has 0 saturated carbocycles. The Morgan fingerprint density at radius 3 is 2.48 bits per heavy atom. The molecular formula is C15H18ClN3O5S. The molecular weight excluding hydrogens is 370 g/mol. The van der Waals surface area contributed by atoms with Gasteiger partial charge in [-0.2, -0.15) is 4.31 Å². The van der Waals surface area contributed by atoms with Gasteiger partial charge in [-0.15, -0.1) is 0 Å². The van der Waals surface area contributed by atoms with Crippen LogP contribution in [0.4, 0.5) is 0 Å². The maximum absolute atomic E-state index is 12.3. The summed E-state index contributed by atoms with van der Waals surface area (Å²) in [5, 5.41) is 0.493. The number of rotatable bonds is 6. The lowest BCUT2D eigenvalue weighted by Crippen LogP contribution is -2.57. The smallest absolute Gasteiger partial charge is 0.229 e. The lowest BCUT2D eigenvalue weighted by atomic mass is 10.1. The summed E-state index contributed by atoms with van der Waals surface area (Å²) in [6.45, 7) is 0.337. The molecule has 0 aliphatic carbocycles. The Morgan fingerprint density at radius 1 is 1.20 bits per heavy atom. The summed E-state index contributed by atoms with van der Waals surface area (Å²) in [6, 6.07) is 3.26. The number of imide groups is 1. The SMILES string of the molecule is O=C1CCCC(=O)N1CCS(=O)(=O)N1CC(Oc2ccc(Cl)cn2)C1. The molecule has 2 saturated heterocycles. The van der Waals surface area contributed by atoms with Crippen LogP contribution in [0.3, 0.4) is 0 Å². The van der Waals surface area contributed by atoms with E-state index in [1.807, 2.05) is 0 Å². The number of amides is 2. The molecule has 0 spiro atoms. The number of carbonyl (C=O) groups excluding carboxylic acids is 2. The number of nitrogens with zero attached hydrogens (tertiary/aromatic N) is 3. The van der Waals surface area contributed by atoms with Crippen LogP contribution in [0.1, 0.15) is 19.3 Å². The van der Waals surface area contributed by atoms with Crippen LogP contribution >= 0.6 is 11.6 Å². The molecule has 0 N–H and O–H groups in total. The molecule has 1 aromatic rings. The number of hydrogen-bond donors (Lipinski definition) is 0. The third-order valence-corrected chi connectivity index (χ3v) is 6.16. The molecule has 136 valence electrons. The Balaban J connectivity index is 1.48. The van der Waals surface area contributed by atoms with Crippen molar-refractivity contribution in [3.05, 3.63) is 23.4 Å². The highest BCUT2D eigenvalue weighted by Crippen LogP contribution is 2.21. The largest absolute Gasteiger partial charge is 0.472 e. The number of likely N-dealkylation sites (tertiary alicyclic amines) is 1. The monoisotopic (exact) mass is 387 g/mol. The van der Waals surface area contributed by atoms with Crippen molar-refractivity contribution < 1.29 is 22.7 Å². The second-order valence-corrected chi connectivity index (χ2v) is 8.51. The summed E-state index contributed by atoms with van der Waals surface area (Å²) in [5.41, 5.74) is 0. The molecule has 0 radical (unpaired) electrons. The predicted octanol–water partition coefficient (Wildman–Crippen LogP) is 0.667. The third-order valence-electron chi connectivity index (χ3n) is 4.15. The molecule has 25 heavy (non-hydrogen) atoms. The molecule has 0 bridgehead atoms. The summed E-state index contributed by atoms with van der Waals surface area (Å²) in [7, 11) is -3.54. The highest BCUT2D eigenvalue weighted by atomic mass is 35.5. The molecule has 1 aromatic heterocycles. The van der Waals surface area contributed by atoms with E-state index in [-0.39, 0.29) is 43.3 Å². The summed E-state index contributed by atoms with van der Waals surface area (Å²) < 4.78 is 31.4. The fourth-order valence-electron chi connectivity index (χ4n) is 2.69. The van der Waals surface area contributed by atoms with Gasteiger partial charge in [0, 0.05) is 31.6 Å². The van der Waals surface area contributed by atoms with Crippen molar-refractivity contribution in [1.29, 1.82) is 0 Å². The van der Waals surface area contributed by atoms with Gasteiger partial charge in [-0.1, -0.05) is 11.6 Å². The Labute approximate surface area is 150 Å². The van der Waals surface area contributed by atoms with Crippen LogP contribution in [0.25, 0.3) is 0 Å². The highest BCUT2D eigenvalue weighted by molar-refractivity contribution is 7.89. The zero-order valence-corrected chi connectivity index (χ0v) is 15.0. The van der Waals surface area contributed by atoms with Crippen LogP contribution in [0.15, 0.2) is 18.3 Å². The molecule has 0 atom stereocenters. The number of pyridine rings is 1. The van der Waals surface area contributed by atoms with E-state index < -0.39 is 10.0 Å². The topological polar surface area (TPSA) is 96.9 Å². The van der Waals surface area contributed by atoms with E-state index in [0.29, 0.717) is 30.2 Å². The summed E-state index contributed by atoms with van der Waals surface area (Å²) in [5.74, 6) is -0.484. The van der Waals surface area contributed by atoms with Gasteiger partial charge in [0.15, 0.2) is 0 Å². The molecule has 10 heteroatoms. The number of carbonyl (C=O) groups is 2. The second-order valence-electron chi connectivity index (χ2n) is 5.98. The number of sulfonamides is 1. The summed E-state index contributed by atoms with van der Waals surface area (Å²) in [4.78, 5) is 28.5. The number of ether oxygens (including phenoxy) is 1. The minimum Gasteiger partial charge on any atom is -0.472 e. The molecule has 0 unspecified atom stereocenters. The zero-order valence-electron chi connectivity index (χ0n) is 13.4. The first kappa shape index (κ1) is 18.1. The van der Waals surface area contributed by atoms with Crippen LogP contribution in [-0.2, 0) is 19.6 Å². The van der Waals surface area contributed by atoms with Gasteiger partial charge in [0.05, 0.1) is 23.9 Å². The molecule has 8 nitrogen and oxygen atoms in total. The van der Waals surface area contributed by atoms with Crippen molar-refractivity contribution in [2.45, 2.75) is 25.4 Å². The summed E-state index contributed by atoms with van der Waals surface area (Å²) in [6.07, 6.45) is 2.29. The van der Waals surface area contributed by atoms with Crippen LogP contribution in [0, 0.1) is 0 Å². The van der Waals surface area contributed by atoms with Crippen molar-refractivity contribution in [2.75, 3.05) is 25.4 Å². The minimum atomic E-state index is -3.54. The molecule has 2 aliphatic rings. The molecule has 3 rings (SSSR count). The maximum atomic E-state index is 12.3. The Morgan fingerprint density at radius 2 is 1.88 bits per heavy atom. The van der Waals surface area contributed by atoms with Crippen molar-refractivity contribution in [2.24, 2.45) is 0 Å². The maximum Gasteiger partial charge on any atom is 0.229 e. The van der Waals surface area contributed by atoms with Crippen LogP contribution in [0.2, 0.25) is 5.02 Å². The first-order valence-corrected chi connectivity index (χ1v) is 9.93. The van der Waals surface area contributed by atoms with E-state index in [1.54, 1.807) is 12.1 Å². The second kappa shape index (κ2) is 7.27. The fraction of sp³-hybridized carbons (Fsp3) is 0.533. The van der Waals surface area contributed by atoms with E-state index >= 15 is 0 Å². The van der Waals surface area contributed by atoms with E-state index in [4.69, 9.17) is 16.3 Å². The Kier molecular flexibility index (Phi) is 5.26. The number of piperidine rings is 1.